The van der Waals surface area contributed by atoms with Crippen molar-refractivity contribution in [2.24, 2.45) is 23.5 Å². The van der Waals surface area contributed by atoms with Crippen LogP contribution in [0.5, 0.6) is 5.75 Å². The molecule has 2 aromatic carbocycles. The fourth-order valence-corrected chi connectivity index (χ4v) is 6.88. The van der Waals surface area contributed by atoms with Crippen LogP contribution in [0.25, 0.3) is 16.9 Å². The van der Waals surface area contributed by atoms with E-state index in [0.29, 0.717) is 12.0 Å². The molecular weight excluding hydrogens is 529 g/mol. The minimum atomic E-state index is -1.29. The maximum absolute atomic E-state index is 13.9. The highest BCUT2D eigenvalue weighted by Crippen LogP contribution is 2.51. The molecule has 1 amide bonds. The number of nitrogens with two attached hydrogens (primary N) is 1. The van der Waals surface area contributed by atoms with Gasteiger partial charge in [0.05, 0.1) is 17.5 Å². The summed E-state index contributed by atoms with van der Waals surface area (Å²) >= 11 is 0. The molecule has 0 bridgehead atoms. The normalized spacial score (nSPS) is 24.7. The number of phenols is 1. The van der Waals surface area contributed by atoms with Crippen LogP contribution in [-0.2, 0) is 20.8 Å². The molecule has 4 unspecified atom stereocenters. The molecule has 0 radical (unpaired) electrons. The molecule has 5 rings (SSSR count). The van der Waals surface area contributed by atoms with Gasteiger partial charge in [-0.25, -0.2) is 4.39 Å². The summed E-state index contributed by atoms with van der Waals surface area (Å²) in [6, 6.07) is 10.1. The van der Waals surface area contributed by atoms with E-state index in [0.717, 1.165) is 16.7 Å². The number of carbonyl (C=O) groups is 3. The lowest BCUT2D eigenvalue weighted by atomic mass is 9.59. The predicted octanol–water partition coefficient (Wildman–Crippen LogP) is 3.14. The molecule has 216 valence electrons. The fraction of sp³-hybridized carbons (Fsp3) is 0.387. The van der Waals surface area contributed by atoms with E-state index < -0.39 is 59.3 Å². The molecule has 0 saturated heterocycles. The van der Waals surface area contributed by atoms with E-state index in [1.54, 1.807) is 25.1 Å². The van der Waals surface area contributed by atoms with Crippen molar-refractivity contribution in [2.45, 2.75) is 31.8 Å². The molecule has 0 aliphatic heterocycles. The number of phenolic OH excluding ortho intramolecular Hbond substituents is 1. The van der Waals surface area contributed by atoms with Gasteiger partial charge in [-0.2, -0.15) is 0 Å². The van der Waals surface area contributed by atoms with E-state index in [9.17, 15) is 34.1 Å². The quantitative estimate of drug-likeness (QED) is 0.254. The van der Waals surface area contributed by atoms with Gasteiger partial charge < -0.3 is 26.4 Å². The molecule has 41 heavy (non-hydrogen) atoms. The first-order valence-corrected chi connectivity index (χ1v) is 13.6. The first kappa shape index (κ1) is 28.5. The minimum Gasteiger partial charge on any atom is -0.510 e. The number of likely N-dealkylation sites (N-methyl/N-ethyl adjacent to an activating group) is 1. The Hall–Kier alpha value is -4.02. The Bertz CT molecular complexity index is 1500. The molecule has 9 nitrogen and oxygen atoms in total. The largest absolute Gasteiger partial charge is 0.510 e. The Morgan fingerprint density at radius 3 is 2.39 bits per heavy atom. The fourth-order valence-electron chi connectivity index (χ4n) is 6.88. The summed E-state index contributed by atoms with van der Waals surface area (Å²) in [6.45, 7) is 1.74. The molecule has 3 aliphatic carbocycles. The van der Waals surface area contributed by atoms with Gasteiger partial charge in [0.1, 0.15) is 29.5 Å². The van der Waals surface area contributed by atoms with Crippen LogP contribution < -0.4 is 11.1 Å². The standard InChI is InChI=1S/C31H34FN3O6/c1-14(34-11-10-32)15-4-6-16(7-5-15)18-8-9-21(36)23-19(18)12-17-13-20-24(28(38)22(17)27(23)37)29(39)25(31(33)41)30(40)26(20)35(2)3/h4-9,14,17,20,24,26,34,36-37,40H,10-13H2,1-3H3,(H2,33,41)/t14?,17?,20?,24?,26-/m0/s1. The number of alkyl halides is 1. The van der Waals surface area contributed by atoms with Gasteiger partial charge in [-0.3, -0.25) is 19.3 Å². The van der Waals surface area contributed by atoms with Crippen molar-refractivity contribution in [1.29, 1.82) is 0 Å². The number of halogens is 1. The number of fused-ring (bicyclic) bond motifs is 3. The molecule has 10 heteroatoms. The first-order chi connectivity index (χ1) is 19.5. The van der Waals surface area contributed by atoms with Crippen LogP contribution in [0.15, 0.2) is 53.3 Å². The van der Waals surface area contributed by atoms with Crippen LogP contribution in [0.4, 0.5) is 4.39 Å². The maximum Gasteiger partial charge on any atom is 0.255 e. The smallest absolute Gasteiger partial charge is 0.255 e. The summed E-state index contributed by atoms with van der Waals surface area (Å²) in [4.78, 5) is 41.0. The Balaban J connectivity index is 1.58. The molecule has 5 atom stereocenters. The summed E-state index contributed by atoms with van der Waals surface area (Å²) in [5.41, 5.74) is 8.27. The van der Waals surface area contributed by atoms with Gasteiger partial charge in [-0.15, -0.1) is 0 Å². The lowest BCUT2D eigenvalue weighted by Crippen LogP contribution is -2.55. The van der Waals surface area contributed by atoms with Crippen molar-refractivity contribution in [2.75, 3.05) is 27.3 Å². The summed E-state index contributed by atoms with van der Waals surface area (Å²) < 4.78 is 12.6. The van der Waals surface area contributed by atoms with Crippen LogP contribution in [0.1, 0.15) is 36.1 Å². The number of ketones is 2. The van der Waals surface area contributed by atoms with Crippen LogP contribution in [-0.4, -0.2) is 71.0 Å². The lowest BCUT2D eigenvalue weighted by molar-refractivity contribution is -0.136. The van der Waals surface area contributed by atoms with Crippen molar-refractivity contribution in [1.82, 2.24) is 10.2 Å². The van der Waals surface area contributed by atoms with Crippen LogP contribution >= 0.6 is 0 Å². The summed E-state index contributed by atoms with van der Waals surface area (Å²) in [5.74, 6) is -6.02. The van der Waals surface area contributed by atoms with Crippen LogP contribution in [0.3, 0.4) is 0 Å². The van der Waals surface area contributed by atoms with E-state index in [2.05, 4.69) is 5.32 Å². The number of aromatic hydroxyl groups is 1. The molecule has 1 saturated carbocycles. The van der Waals surface area contributed by atoms with E-state index in [1.807, 2.05) is 31.2 Å². The second kappa shape index (κ2) is 10.8. The van der Waals surface area contributed by atoms with Crippen molar-refractivity contribution < 1.29 is 34.1 Å². The third kappa shape index (κ3) is 4.61. The average molecular weight is 564 g/mol. The highest BCUT2D eigenvalue weighted by atomic mass is 19.1. The van der Waals surface area contributed by atoms with Crippen LogP contribution in [0.2, 0.25) is 0 Å². The molecule has 3 aliphatic rings. The highest BCUT2D eigenvalue weighted by Gasteiger charge is 2.55. The van der Waals surface area contributed by atoms with Crippen molar-refractivity contribution in [3.63, 3.8) is 0 Å². The maximum atomic E-state index is 13.9. The SMILES string of the molecule is CC(NCCF)c1ccc(-c2ccc(O)c3c2CC2CC4C(C(=O)C(C(N)=O)=C(O)[C@H]4N(C)C)C(=O)C2=C3O)cc1. The number of carbonyl (C=O) groups excluding carboxylic acids is 3. The zero-order chi connectivity index (χ0) is 29.7. The van der Waals surface area contributed by atoms with Gasteiger partial charge >= 0.3 is 0 Å². The van der Waals surface area contributed by atoms with Crippen LogP contribution in [0, 0.1) is 17.8 Å². The third-order valence-corrected chi connectivity index (χ3v) is 8.71. The number of nitrogens with zero attached hydrogens (tertiary/aromatic N) is 1. The van der Waals surface area contributed by atoms with Crippen molar-refractivity contribution in [3.8, 4) is 16.9 Å². The average Bonchev–Trinajstić information content (AvgIpc) is 2.91. The first-order valence-electron chi connectivity index (χ1n) is 13.6. The topological polar surface area (TPSA) is 153 Å². The second-order valence-corrected chi connectivity index (χ2v) is 11.3. The Morgan fingerprint density at radius 1 is 1.10 bits per heavy atom. The second-order valence-electron chi connectivity index (χ2n) is 11.3. The number of Topliss-reactive ketones (excluding diaryl/α,β-unsaturated/α-hetero) is 2. The molecule has 1 fully saturated rings. The minimum absolute atomic E-state index is 0.0466. The molecular formula is C31H34FN3O6. The number of aliphatic hydroxyl groups excluding tert-OH is 2. The van der Waals surface area contributed by atoms with E-state index in [1.165, 1.54) is 6.07 Å². The summed E-state index contributed by atoms with van der Waals surface area (Å²) in [5, 5.41) is 36.2. The Morgan fingerprint density at radius 2 is 1.78 bits per heavy atom. The highest BCUT2D eigenvalue weighted by molar-refractivity contribution is 6.28. The zero-order valence-electron chi connectivity index (χ0n) is 23.1. The Kier molecular flexibility index (Phi) is 7.48. The predicted molar refractivity (Wildman–Crippen MR) is 151 cm³/mol. The van der Waals surface area contributed by atoms with Gasteiger partial charge in [-0.1, -0.05) is 30.3 Å². The number of benzene rings is 2. The molecule has 0 spiro atoms. The number of rotatable bonds is 7. The monoisotopic (exact) mass is 563 g/mol. The lowest BCUT2D eigenvalue weighted by Gasteiger charge is -2.46. The molecule has 0 heterocycles. The van der Waals surface area contributed by atoms with Gasteiger partial charge in [0.15, 0.2) is 11.6 Å². The van der Waals surface area contributed by atoms with Crippen molar-refractivity contribution >= 4 is 23.2 Å². The number of primary amides is 1. The van der Waals surface area contributed by atoms with E-state index >= 15 is 0 Å². The van der Waals surface area contributed by atoms with E-state index in [-0.39, 0.29) is 41.7 Å². The molecule has 6 N–H and O–H groups in total. The van der Waals surface area contributed by atoms with Gasteiger partial charge in [-0.05, 0) is 74.0 Å². The summed E-state index contributed by atoms with van der Waals surface area (Å²) in [6.07, 6.45) is 0.594. The Labute approximate surface area is 237 Å². The third-order valence-electron chi connectivity index (χ3n) is 8.71. The molecule has 0 aromatic heterocycles. The number of amides is 1. The van der Waals surface area contributed by atoms with Gasteiger partial charge in [0.25, 0.3) is 5.91 Å². The number of aliphatic hydroxyl groups is 2. The number of allylic oxidation sites excluding steroid dienone is 1. The zero-order valence-corrected chi connectivity index (χ0v) is 23.1. The summed E-state index contributed by atoms with van der Waals surface area (Å²) in [7, 11) is 3.37. The number of hydrogen-bond acceptors (Lipinski definition) is 8. The number of nitrogens with one attached hydrogen (secondary N) is 1. The van der Waals surface area contributed by atoms with Gasteiger partial charge in [0, 0.05) is 18.2 Å². The van der Waals surface area contributed by atoms with E-state index in [4.69, 9.17) is 5.73 Å². The van der Waals surface area contributed by atoms with Gasteiger partial charge in [0.2, 0.25) is 0 Å². The molecule has 2 aromatic rings. The van der Waals surface area contributed by atoms with Crippen molar-refractivity contribution in [3.05, 3.63) is 70.0 Å². The number of hydrogen-bond donors (Lipinski definition) is 5.